The first-order valence-corrected chi connectivity index (χ1v) is 4.78. The van der Waals surface area contributed by atoms with Crippen LogP contribution in [0.5, 0.6) is 0 Å². The highest BCUT2D eigenvalue weighted by Crippen LogP contribution is 2.25. The number of hydrogen-bond acceptors (Lipinski definition) is 2. The Hall–Kier alpha value is -0.610. The fourth-order valence-electron chi connectivity index (χ4n) is 0.953. The zero-order valence-corrected chi connectivity index (χ0v) is 8.02. The van der Waals surface area contributed by atoms with Gasteiger partial charge in [-0.3, -0.25) is 0 Å². The highest BCUT2D eigenvalue weighted by atomic mass is 32.2. The van der Waals surface area contributed by atoms with Gasteiger partial charge in [0, 0.05) is 10.9 Å². The van der Waals surface area contributed by atoms with E-state index in [0.29, 0.717) is 16.7 Å². The topological polar surface area (TPSA) is 26.0 Å². The first kappa shape index (κ1) is 10.5. The van der Waals surface area contributed by atoms with Crippen molar-refractivity contribution in [1.29, 1.82) is 0 Å². The van der Waals surface area contributed by atoms with Gasteiger partial charge in [-0.2, -0.15) is 8.78 Å². The van der Waals surface area contributed by atoms with Gasteiger partial charge in [-0.1, -0.05) is 23.9 Å². The van der Waals surface area contributed by atoms with Crippen LogP contribution in [0.3, 0.4) is 0 Å². The molecule has 0 aromatic heterocycles. The zero-order valence-electron chi connectivity index (χ0n) is 7.21. The van der Waals surface area contributed by atoms with Crippen molar-refractivity contribution >= 4 is 11.8 Å². The number of thioether (sulfide) groups is 1. The summed E-state index contributed by atoms with van der Waals surface area (Å²) in [6.45, 7) is 1.86. The predicted octanol–water partition coefficient (Wildman–Crippen LogP) is 3.02. The van der Waals surface area contributed by atoms with Crippen LogP contribution in [0, 0.1) is 0 Å². The maximum Gasteiger partial charge on any atom is 0.288 e. The third kappa shape index (κ3) is 3.32. The smallest absolute Gasteiger partial charge is 0.288 e. The average molecular weight is 203 g/mol. The fourth-order valence-corrected chi connectivity index (χ4v) is 1.45. The molecule has 0 amide bonds. The lowest BCUT2D eigenvalue weighted by atomic mass is 10.1. The van der Waals surface area contributed by atoms with Crippen LogP contribution in [0.25, 0.3) is 0 Å². The van der Waals surface area contributed by atoms with Crippen LogP contribution in [0.1, 0.15) is 18.5 Å². The Labute approximate surface area is 80.3 Å². The molecule has 2 N–H and O–H groups in total. The molecule has 0 aliphatic rings. The largest absolute Gasteiger partial charge is 0.324 e. The van der Waals surface area contributed by atoms with E-state index in [9.17, 15) is 8.78 Å². The van der Waals surface area contributed by atoms with Crippen LogP contribution in [-0.2, 0) is 0 Å². The lowest BCUT2D eigenvalue weighted by molar-refractivity contribution is 0.252. The molecule has 0 saturated heterocycles. The van der Waals surface area contributed by atoms with E-state index in [2.05, 4.69) is 0 Å². The van der Waals surface area contributed by atoms with Crippen molar-refractivity contribution < 1.29 is 8.78 Å². The van der Waals surface area contributed by atoms with E-state index in [1.54, 1.807) is 24.3 Å². The van der Waals surface area contributed by atoms with Crippen molar-refractivity contribution in [2.24, 2.45) is 5.73 Å². The number of nitrogens with two attached hydrogens (primary N) is 1. The summed E-state index contributed by atoms with van der Waals surface area (Å²) in [4.78, 5) is 0.569. The van der Waals surface area contributed by atoms with Crippen molar-refractivity contribution in [2.75, 3.05) is 0 Å². The SMILES string of the molecule is C[C@H](N)c1ccc(SC(F)F)cc1. The van der Waals surface area contributed by atoms with E-state index in [1.165, 1.54) is 0 Å². The molecule has 72 valence electrons. The molecule has 0 radical (unpaired) electrons. The van der Waals surface area contributed by atoms with Crippen LogP contribution >= 0.6 is 11.8 Å². The predicted molar refractivity (Wildman–Crippen MR) is 50.9 cm³/mol. The Bertz CT molecular complexity index is 259. The van der Waals surface area contributed by atoms with Gasteiger partial charge in [-0.15, -0.1) is 0 Å². The van der Waals surface area contributed by atoms with Gasteiger partial charge in [0.25, 0.3) is 5.76 Å². The van der Waals surface area contributed by atoms with Gasteiger partial charge >= 0.3 is 0 Å². The number of benzene rings is 1. The summed E-state index contributed by atoms with van der Waals surface area (Å²) in [7, 11) is 0. The second-order valence-corrected chi connectivity index (χ2v) is 3.80. The highest BCUT2D eigenvalue weighted by molar-refractivity contribution is 7.99. The minimum atomic E-state index is -2.36. The molecule has 1 aromatic carbocycles. The third-order valence-electron chi connectivity index (χ3n) is 1.63. The van der Waals surface area contributed by atoms with Gasteiger partial charge in [-0.05, 0) is 24.6 Å². The van der Waals surface area contributed by atoms with E-state index in [0.717, 1.165) is 5.56 Å². The lowest BCUT2D eigenvalue weighted by Gasteiger charge is -2.06. The normalized spacial score (nSPS) is 13.3. The summed E-state index contributed by atoms with van der Waals surface area (Å²) in [5.74, 6) is -2.36. The standard InChI is InChI=1S/C9H11F2NS/c1-6(12)7-2-4-8(5-3-7)13-9(10)11/h2-6,9H,12H2,1H3/t6-/m0/s1. The van der Waals surface area contributed by atoms with E-state index >= 15 is 0 Å². The van der Waals surface area contributed by atoms with E-state index in [1.807, 2.05) is 6.92 Å². The van der Waals surface area contributed by atoms with Gasteiger partial charge in [-0.25, -0.2) is 0 Å². The van der Waals surface area contributed by atoms with Crippen molar-refractivity contribution in [3.8, 4) is 0 Å². The van der Waals surface area contributed by atoms with Crippen LogP contribution in [0.2, 0.25) is 0 Å². The molecule has 0 saturated carbocycles. The third-order valence-corrected chi connectivity index (χ3v) is 2.35. The Balaban J connectivity index is 2.70. The zero-order chi connectivity index (χ0) is 9.84. The maximum atomic E-state index is 11.9. The molecule has 1 nitrogen and oxygen atoms in total. The summed E-state index contributed by atoms with van der Waals surface area (Å²) in [6, 6.07) is 6.82. The van der Waals surface area contributed by atoms with Gasteiger partial charge < -0.3 is 5.73 Å². The summed E-state index contributed by atoms with van der Waals surface area (Å²) in [5.41, 5.74) is 6.57. The first-order chi connectivity index (χ1) is 6.09. The van der Waals surface area contributed by atoms with E-state index < -0.39 is 5.76 Å². The van der Waals surface area contributed by atoms with Gasteiger partial charge in [0.1, 0.15) is 0 Å². The molecule has 0 fully saturated rings. The monoisotopic (exact) mass is 203 g/mol. The lowest BCUT2D eigenvalue weighted by Crippen LogP contribution is -2.04. The molecule has 0 unspecified atom stereocenters. The van der Waals surface area contributed by atoms with Gasteiger partial charge in [0.2, 0.25) is 0 Å². The Kier molecular flexibility index (Phi) is 3.69. The Morgan fingerprint density at radius 3 is 2.15 bits per heavy atom. The molecule has 0 bridgehead atoms. The fraction of sp³-hybridized carbons (Fsp3) is 0.333. The molecule has 1 rings (SSSR count). The summed E-state index contributed by atoms with van der Waals surface area (Å²) in [6.07, 6.45) is 0. The molecule has 4 heteroatoms. The van der Waals surface area contributed by atoms with Gasteiger partial charge in [0.05, 0.1) is 0 Å². The van der Waals surface area contributed by atoms with Crippen molar-refractivity contribution in [3.63, 3.8) is 0 Å². The first-order valence-electron chi connectivity index (χ1n) is 3.90. The van der Waals surface area contributed by atoms with E-state index in [4.69, 9.17) is 5.73 Å². The molecule has 0 heterocycles. The van der Waals surface area contributed by atoms with Crippen LogP contribution in [0.4, 0.5) is 8.78 Å². The Morgan fingerprint density at radius 2 is 1.77 bits per heavy atom. The summed E-state index contributed by atoms with van der Waals surface area (Å²) < 4.78 is 23.8. The quantitative estimate of drug-likeness (QED) is 0.764. The summed E-state index contributed by atoms with van der Waals surface area (Å²) >= 11 is 0.545. The number of halogens is 2. The second-order valence-electron chi connectivity index (χ2n) is 2.74. The second kappa shape index (κ2) is 4.58. The molecule has 1 aromatic rings. The van der Waals surface area contributed by atoms with Crippen LogP contribution in [-0.4, -0.2) is 5.76 Å². The Morgan fingerprint density at radius 1 is 1.23 bits per heavy atom. The number of alkyl halides is 2. The number of hydrogen-bond donors (Lipinski definition) is 1. The highest BCUT2D eigenvalue weighted by Gasteiger charge is 2.05. The molecular weight excluding hydrogens is 192 g/mol. The molecular formula is C9H11F2NS. The molecule has 0 aliphatic carbocycles. The van der Waals surface area contributed by atoms with Crippen LogP contribution in [0.15, 0.2) is 29.2 Å². The van der Waals surface area contributed by atoms with Crippen LogP contribution < -0.4 is 5.73 Å². The molecule has 0 aliphatic heterocycles. The molecule has 13 heavy (non-hydrogen) atoms. The minimum absolute atomic E-state index is 0.0504. The number of rotatable bonds is 3. The van der Waals surface area contributed by atoms with Gasteiger partial charge in [0.15, 0.2) is 0 Å². The van der Waals surface area contributed by atoms with Crippen molar-refractivity contribution in [2.45, 2.75) is 23.6 Å². The minimum Gasteiger partial charge on any atom is -0.324 e. The van der Waals surface area contributed by atoms with E-state index in [-0.39, 0.29) is 6.04 Å². The average Bonchev–Trinajstić information content (AvgIpc) is 2.04. The summed E-state index contributed by atoms with van der Waals surface area (Å²) in [5, 5.41) is 0. The maximum absolute atomic E-state index is 11.9. The van der Waals surface area contributed by atoms with Crippen molar-refractivity contribution in [1.82, 2.24) is 0 Å². The molecule has 0 spiro atoms. The molecule has 1 atom stereocenters. The van der Waals surface area contributed by atoms with Crippen molar-refractivity contribution in [3.05, 3.63) is 29.8 Å².